The average molecular weight is 689 g/mol. The Bertz CT molecular complexity index is 1870. The Labute approximate surface area is 262 Å². The fourth-order valence-electron chi connectivity index (χ4n) is 4.79. The van der Waals surface area contributed by atoms with E-state index in [1.807, 2.05) is 0 Å². The number of piperazine rings is 1. The van der Waals surface area contributed by atoms with Crippen molar-refractivity contribution in [2.45, 2.75) is 43.8 Å². The predicted octanol–water partition coefficient (Wildman–Crippen LogP) is 3.55. The van der Waals surface area contributed by atoms with Gasteiger partial charge in [0.15, 0.2) is 0 Å². The fourth-order valence-corrected chi connectivity index (χ4v) is 7.38. The van der Waals surface area contributed by atoms with Crippen LogP contribution in [-0.2, 0) is 21.4 Å². The summed E-state index contributed by atoms with van der Waals surface area (Å²) in [6.45, 7) is -1.26. The van der Waals surface area contributed by atoms with Crippen LogP contribution in [0.3, 0.4) is 0 Å². The van der Waals surface area contributed by atoms with Crippen molar-refractivity contribution in [1.82, 2.24) is 24.2 Å². The van der Waals surface area contributed by atoms with E-state index < -0.39 is 46.3 Å². The highest BCUT2D eigenvalue weighted by atomic mass is 32.2. The molecule has 0 radical (unpaired) electrons. The maximum atomic E-state index is 13.7. The number of benzene rings is 2. The minimum atomic E-state index is -4.96. The molecule has 1 fully saturated rings. The van der Waals surface area contributed by atoms with E-state index in [0.29, 0.717) is 21.3 Å². The Morgan fingerprint density at radius 3 is 2.41 bits per heavy atom. The lowest BCUT2D eigenvalue weighted by atomic mass is 10.1. The van der Waals surface area contributed by atoms with Gasteiger partial charge in [0.1, 0.15) is 11.5 Å². The van der Waals surface area contributed by atoms with Gasteiger partial charge < -0.3 is 19.7 Å². The monoisotopic (exact) mass is 688 g/mol. The predicted molar refractivity (Wildman–Crippen MR) is 154 cm³/mol. The van der Waals surface area contributed by atoms with Gasteiger partial charge in [0.25, 0.3) is 5.56 Å². The summed E-state index contributed by atoms with van der Waals surface area (Å²) in [6, 6.07) is 9.70. The van der Waals surface area contributed by atoms with E-state index in [4.69, 9.17) is 0 Å². The summed E-state index contributed by atoms with van der Waals surface area (Å²) in [4.78, 5) is 30.7. The minimum absolute atomic E-state index is 0.00520. The Hall–Kier alpha value is -4.36. The van der Waals surface area contributed by atoms with Gasteiger partial charge in [-0.05, 0) is 48.9 Å². The molecule has 1 saturated heterocycles. The number of alkyl halides is 5. The van der Waals surface area contributed by atoms with Crippen LogP contribution in [0.5, 0.6) is 11.5 Å². The largest absolute Gasteiger partial charge is 0.573 e. The van der Waals surface area contributed by atoms with Gasteiger partial charge in [0.2, 0.25) is 26.0 Å². The average Bonchev–Trinajstić information content (AvgIpc) is 3.40. The molecular formula is C27H25F5N6O6S2. The van der Waals surface area contributed by atoms with Gasteiger partial charge in [0.05, 0.1) is 10.9 Å². The molecule has 2 aromatic carbocycles. The number of halogens is 5. The van der Waals surface area contributed by atoms with E-state index >= 15 is 0 Å². The van der Waals surface area contributed by atoms with Gasteiger partial charge in [-0.2, -0.15) is 18.1 Å². The number of fused-ring (bicyclic) bond motifs is 1. The van der Waals surface area contributed by atoms with Gasteiger partial charge in [-0.1, -0.05) is 23.5 Å². The molecule has 1 aliphatic rings. The molecule has 0 aliphatic carbocycles. The van der Waals surface area contributed by atoms with Gasteiger partial charge in [0, 0.05) is 44.4 Å². The number of hydrogen-bond acceptors (Lipinski definition) is 10. The second kappa shape index (κ2) is 13.2. The standard InChI is InChI=1S/C27H25F5N6O6S2/c1-16-12-23(40)34-25-38(16)35-26(45-25)36-10-11-37(46(41,42)21-8-6-20(7-9-21)44-27(30,31)32)18(15-36)13-22(39)33-14-17-2-4-19(5-3-17)43-24(28)29/h2-9,12,18,24H,10-11,13-15H2,1H3,(H,33,39)/t18-/m0/s1. The zero-order valence-electron chi connectivity index (χ0n) is 23.8. The Morgan fingerprint density at radius 2 is 1.76 bits per heavy atom. The zero-order chi connectivity index (χ0) is 33.2. The second-order valence-corrected chi connectivity index (χ2v) is 12.9. The number of nitrogens with zero attached hydrogens (tertiary/aromatic N) is 5. The molecule has 19 heteroatoms. The summed E-state index contributed by atoms with van der Waals surface area (Å²) in [7, 11) is -4.30. The molecule has 1 amide bonds. The number of carbonyl (C=O) groups excluding carboxylic acids is 1. The summed E-state index contributed by atoms with van der Waals surface area (Å²) in [5.74, 6) is -1.18. The van der Waals surface area contributed by atoms with E-state index in [1.54, 1.807) is 11.8 Å². The smallest absolute Gasteiger partial charge is 0.435 e. The first-order chi connectivity index (χ1) is 21.7. The van der Waals surface area contributed by atoms with Crippen molar-refractivity contribution in [3.63, 3.8) is 0 Å². The molecule has 1 aliphatic heterocycles. The van der Waals surface area contributed by atoms with Crippen LogP contribution in [0.15, 0.2) is 64.3 Å². The third-order valence-corrected chi connectivity index (χ3v) is 9.78. The summed E-state index contributed by atoms with van der Waals surface area (Å²) < 4.78 is 101. The lowest BCUT2D eigenvalue weighted by Crippen LogP contribution is -2.56. The first-order valence-electron chi connectivity index (χ1n) is 13.5. The Morgan fingerprint density at radius 1 is 1.09 bits per heavy atom. The molecule has 46 heavy (non-hydrogen) atoms. The van der Waals surface area contributed by atoms with Crippen molar-refractivity contribution < 1.29 is 44.6 Å². The van der Waals surface area contributed by atoms with Crippen molar-refractivity contribution in [3.8, 4) is 11.5 Å². The summed E-state index contributed by atoms with van der Waals surface area (Å²) >= 11 is 1.11. The molecule has 3 heterocycles. The van der Waals surface area contributed by atoms with Crippen LogP contribution in [-0.4, -0.2) is 71.9 Å². The van der Waals surface area contributed by atoms with Gasteiger partial charge >= 0.3 is 13.0 Å². The maximum absolute atomic E-state index is 13.7. The molecule has 0 unspecified atom stereocenters. The van der Waals surface area contributed by atoms with Crippen molar-refractivity contribution >= 4 is 37.4 Å². The molecule has 12 nitrogen and oxygen atoms in total. The van der Waals surface area contributed by atoms with Crippen LogP contribution in [0.4, 0.5) is 27.1 Å². The SMILES string of the molecule is Cc1cc(=O)nc2sc(N3CCN(S(=O)(=O)c4ccc(OC(F)(F)F)cc4)[C@@H](CC(=O)NCc4ccc(OC(F)F)cc4)C3)nn12. The molecule has 4 aromatic rings. The highest BCUT2D eigenvalue weighted by Crippen LogP contribution is 2.30. The second-order valence-electron chi connectivity index (χ2n) is 10.1. The van der Waals surface area contributed by atoms with E-state index in [-0.39, 0.29) is 43.2 Å². The molecule has 5 rings (SSSR count). The van der Waals surface area contributed by atoms with Gasteiger partial charge in [-0.15, -0.1) is 18.3 Å². The van der Waals surface area contributed by atoms with Crippen LogP contribution in [0.1, 0.15) is 17.7 Å². The van der Waals surface area contributed by atoms with E-state index in [2.05, 4.69) is 24.9 Å². The highest BCUT2D eigenvalue weighted by Gasteiger charge is 2.38. The van der Waals surface area contributed by atoms with Gasteiger partial charge in [-0.25, -0.2) is 12.9 Å². The van der Waals surface area contributed by atoms with Crippen LogP contribution < -0.4 is 25.2 Å². The molecule has 1 N–H and O–H groups in total. The number of hydrogen-bond donors (Lipinski definition) is 1. The van der Waals surface area contributed by atoms with E-state index in [1.165, 1.54) is 34.8 Å². The normalized spacial score (nSPS) is 16.2. The third kappa shape index (κ3) is 7.88. The molecule has 2 aromatic heterocycles. The molecular weight excluding hydrogens is 663 g/mol. The lowest BCUT2D eigenvalue weighted by Gasteiger charge is -2.40. The summed E-state index contributed by atoms with van der Waals surface area (Å²) in [5, 5.41) is 7.62. The molecule has 0 saturated carbocycles. The number of sulfonamides is 1. The van der Waals surface area contributed by atoms with Crippen molar-refractivity contribution in [3.05, 3.63) is 76.2 Å². The van der Waals surface area contributed by atoms with Crippen molar-refractivity contribution in [1.29, 1.82) is 0 Å². The zero-order valence-corrected chi connectivity index (χ0v) is 25.4. The Balaban J connectivity index is 1.36. The number of amides is 1. The van der Waals surface area contributed by atoms with Crippen LogP contribution in [0.25, 0.3) is 4.96 Å². The Kier molecular flexibility index (Phi) is 9.45. The van der Waals surface area contributed by atoms with E-state index in [9.17, 15) is 40.0 Å². The quantitative estimate of drug-likeness (QED) is 0.248. The topological polar surface area (TPSA) is 135 Å². The number of ether oxygens (including phenoxy) is 2. The van der Waals surface area contributed by atoms with Crippen LogP contribution in [0.2, 0.25) is 0 Å². The van der Waals surface area contributed by atoms with Crippen molar-refractivity contribution in [2.75, 3.05) is 24.5 Å². The van der Waals surface area contributed by atoms with Crippen LogP contribution in [0, 0.1) is 6.92 Å². The lowest BCUT2D eigenvalue weighted by molar-refractivity contribution is -0.274. The summed E-state index contributed by atoms with van der Waals surface area (Å²) in [6.07, 6.45) is -5.27. The number of anilines is 1. The number of aryl methyl sites for hydroxylation is 1. The fraction of sp³-hybridized carbons (Fsp3) is 0.333. The van der Waals surface area contributed by atoms with E-state index in [0.717, 1.165) is 39.9 Å². The van der Waals surface area contributed by atoms with Crippen molar-refractivity contribution in [2.24, 2.45) is 0 Å². The number of carbonyl (C=O) groups is 1. The summed E-state index contributed by atoms with van der Waals surface area (Å²) in [5.41, 5.74) is 0.667. The molecule has 246 valence electrons. The molecule has 0 bridgehead atoms. The minimum Gasteiger partial charge on any atom is -0.435 e. The van der Waals surface area contributed by atoms with Gasteiger partial charge in [-0.3, -0.25) is 9.59 Å². The highest BCUT2D eigenvalue weighted by molar-refractivity contribution is 7.89. The van der Waals surface area contributed by atoms with Crippen LogP contribution >= 0.6 is 11.3 Å². The first kappa shape index (κ1) is 33.0. The molecule has 1 atom stereocenters. The maximum Gasteiger partial charge on any atom is 0.573 e. The number of nitrogens with one attached hydrogen (secondary N) is 1. The number of aromatic nitrogens is 3. The first-order valence-corrected chi connectivity index (χ1v) is 15.7. The molecule has 0 spiro atoms. The third-order valence-electron chi connectivity index (χ3n) is 6.84. The number of rotatable bonds is 10.